The van der Waals surface area contributed by atoms with Gasteiger partial charge in [0.15, 0.2) is 0 Å². The molecule has 0 aliphatic carbocycles. The second kappa shape index (κ2) is 5.05. The summed E-state index contributed by atoms with van der Waals surface area (Å²) >= 11 is 0. The maximum atomic E-state index is 12.9. The first-order chi connectivity index (χ1) is 8.97. The molecule has 2 aromatic rings. The SMILES string of the molecule is CN(C)c1nc(N)nc(N(C)c2ccc(F)cc2)n1. The van der Waals surface area contributed by atoms with Crippen LogP contribution in [0.2, 0.25) is 0 Å². The van der Waals surface area contributed by atoms with Crippen molar-refractivity contribution in [3.63, 3.8) is 0 Å². The van der Waals surface area contributed by atoms with Crippen LogP contribution < -0.4 is 15.5 Å². The van der Waals surface area contributed by atoms with E-state index in [0.717, 1.165) is 5.69 Å². The summed E-state index contributed by atoms with van der Waals surface area (Å²) in [6, 6.07) is 6.04. The highest BCUT2D eigenvalue weighted by atomic mass is 19.1. The van der Waals surface area contributed by atoms with Crippen molar-refractivity contribution in [1.82, 2.24) is 15.0 Å². The zero-order valence-electron chi connectivity index (χ0n) is 11.0. The Morgan fingerprint density at radius 2 is 1.53 bits per heavy atom. The minimum absolute atomic E-state index is 0.141. The molecule has 0 fully saturated rings. The lowest BCUT2D eigenvalue weighted by Crippen LogP contribution is -2.19. The molecule has 0 saturated heterocycles. The maximum absolute atomic E-state index is 12.9. The Kier molecular flexibility index (Phi) is 3.46. The predicted molar refractivity (Wildman–Crippen MR) is 73.0 cm³/mol. The average Bonchev–Trinajstić information content (AvgIpc) is 2.38. The van der Waals surface area contributed by atoms with Crippen LogP contribution in [0, 0.1) is 5.82 Å². The summed E-state index contributed by atoms with van der Waals surface area (Å²) in [7, 11) is 5.41. The van der Waals surface area contributed by atoms with E-state index in [2.05, 4.69) is 15.0 Å². The van der Waals surface area contributed by atoms with Gasteiger partial charge < -0.3 is 15.5 Å². The molecule has 0 amide bonds. The largest absolute Gasteiger partial charge is 0.368 e. The molecular weight excluding hydrogens is 247 g/mol. The lowest BCUT2D eigenvalue weighted by Gasteiger charge is -2.19. The molecule has 0 aliphatic rings. The van der Waals surface area contributed by atoms with Gasteiger partial charge in [-0.25, -0.2) is 4.39 Å². The Morgan fingerprint density at radius 3 is 2.11 bits per heavy atom. The van der Waals surface area contributed by atoms with Crippen molar-refractivity contribution < 1.29 is 4.39 Å². The number of anilines is 4. The van der Waals surface area contributed by atoms with Gasteiger partial charge in [-0.05, 0) is 24.3 Å². The van der Waals surface area contributed by atoms with Crippen molar-refractivity contribution >= 4 is 23.5 Å². The van der Waals surface area contributed by atoms with Crippen LogP contribution in [-0.2, 0) is 0 Å². The molecule has 2 rings (SSSR count). The zero-order valence-corrected chi connectivity index (χ0v) is 11.0. The van der Waals surface area contributed by atoms with Crippen molar-refractivity contribution in [1.29, 1.82) is 0 Å². The van der Waals surface area contributed by atoms with Crippen LogP contribution in [0.25, 0.3) is 0 Å². The molecule has 0 aliphatic heterocycles. The maximum Gasteiger partial charge on any atom is 0.236 e. The number of rotatable bonds is 3. The van der Waals surface area contributed by atoms with E-state index in [1.54, 1.807) is 29.0 Å². The standard InChI is InChI=1S/C12H15FN6/c1-18(2)11-15-10(14)16-12(17-11)19(3)9-6-4-8(13)5-7-9/h4-7H,1-3H3,(H2,14,15,16,17). The smallest absolute Gasteiger partial charge is 0.236 e. The van der Waals surface area contributed by atoms with Crippen LogP contribution in [0.1, 0.15) is 0 Å². The number of hydrogen-bond donors (Lipinski definition) is 1. The summed E-state index contributed by atoms with van der Waals surface area (Å²) in [5, 5.41) is 0. The minimum atomic E-state index is -0.290. The quantitative estimate of drug-likeness (QED) is 0.902. The van der Waals surface area contributed by atoms with E-state index in [1.807, 2.05) is 14.1 Å². The van der Waals surface area contributed by atoms with Crippen LogP contribution in [0.3, 0.4) is 0 Å². The molecule has 1 heterocycles. The van der Waals surface area contributed by atoms with E-state index in [0.29, 0.717) is 11.9 Å². The normalized spacial score (nSPS) is 10.3. The van der Waals surface area contributed by atoms with Gasteiger partial charge in [-0.1, -0.05) is 0 Å². The molecule has 0 spiro atoms. The van der Waals surface area contributed by atoms with Gasteiger partial charge in [0.25, 0.3) is 0 Å². The third-order valence-electron chi connectivity index (χ3n) is 2.54. The molecule has 0 radical (unpaired) electrons. The van der Waals surface area contributed by atoms with Crippen LogP contribution >= 0.6 is 0 Å². The summed E-state index contributed by atoms with van der Waals surface area (Å²) in [6.45, 7) is 0. The second-order valence-electron chi connectivity index (χ2n) is 4.22. The Bertz CT molecular complexity index is 569. The number of benzene rings is 1. The number of nitrogen functional groups attached to an aromatic ring is 1. The molecule has 7 heteroatoms. The monoisotopic (exact) mass is 262 g/mol. The highest BCUT2D eigenvalue weighted by Crippen LogP contribution is 2.21. The minimum Gasteiger partial charge on any atom is -0.368 e. The van der Waals surface area contributed by atoms with Crippen molar-refractivity contribution in [3.8, 4) is 0 Å². The molecule has 6 nitrogen and oxygen atoms in total. The summed E-state index contributed by atoms with van der Waals surface area (Å²) in [5.74, 6) is 0.725. The number of aromatic nitrogens is 3. The molecule has 2 N–H and O–H groups in total. The van der Waals surface area contributed by atoms with Gasteiger partial charge in [-0.3, -0.25) is 0 Å². The molecule has 1 aromatic heterocycles. The van der Waals surface area contributed by atoms with Crippen molar-refractivity contribution in [2.45, 2.75) is 0 Å². The lowest BCUT2D eigenvalue weighted by molar-refractivity contribution is 0.628. The van der Waals surface area contributed by atoms with Gasteiger partial charge in [0, 0.05) is 26.8 Å². The first-order valence-corrected chi connectivity index (χ1v) is 5.65. The van der Waals surface area contributed by atoms with Gasteiger partial charge in [0.05, 0.1) is 0 Å². The molecule has 19 heavy (non-hydrogen) atoms. The highest BCUT2D eigenvalue weighted by Gasteiger charge is 2.11. The van der Waals surface area contributed by atoms with Gasteiger partial charge in [0.1, 0.15) is 5.82 Å². The average molecular weight is 262 g/mol. The van der Waals surface area contributed by atoms with E-state index in [9.17, 15) is 4.39 Å². The molecular formula is C12H15FN6. The van der Waals surface area contributed by atoms with Gasteiger partial charge in [-0.2, -0.15) is 15.0 Å². The van der Waals surface area contributed by atoms with E-state index in [1.165, 1.54) is 12.1 Å². The van der Waals surface area contributed by atoms with Crippen molar-refractivity contribution in [3.05, 3.63) is 30.1 Å². The number of nitrogens with two attached hydrogens (primary N) is 1. The topological polar surface area (TPSA) is 71.2 Å². The first-order valence-electron chi connectivity index (χ1n) is 5.65. The molecule has 0 atom stereocenters. The Labute approximate surface area is 110 Å². The molecule has 0 bridgehead atoms. The van der Waals surface area contributed by atoms with Gasteiger partial charge >= 0.3 is 0 Å². The third-order valence-corrected chi connectivity index (χ3v) is 2.54. The Morgan fingerprint density at radius 1 is 0.947 bits per heavy atom. The highest BCUT2D eigenvalue weighted by molar-refractivity contribution is 5.57. The van der Waals surface area contributed by atoms with E-state index >= 15 is 0 Å². The van der Waals surface area contributed by atoms with Crippen LogP contribution in [0.4, 0.5) is 27.9 Å². The molecule has 0 saturated carbocycles. The summed E-state index contributed by atoms with van der Waals surface area (Å²) in [6.07, 6.45) is 0. The Balaban J connectivity index is 2.38. The van der Waals surface area contributed by atoms with Crippen LogP contribution in [-0.4, -0.2) is 36.1 Å². The molecule has 100 valence electrons. The summed E-state index contributed by atoms with van der Waals surface area (Å²) < 4.78 is 12.9. The number of nitrogens with zero attached hydrogens (tertiary/aromatic N) is 5. The fourth-order valence-electron chi connectivity index (χ4n) is 1.50. The summed E-state index contributed by atoms with van der Waals surface area (Å²) in [4.78, 5) is 15.8. The van der Waals surface area contributed by atoms with Crippen molar-refractivity contribution in [2.75, 3.05) is 36.7 Å². The van der Waals surface area contributed by atoms with Crippen molar-refractivity contribution in [2.24, 2.45) is 0 Å². The summed E-state index contributed by atoms with van der Waals surface area (Å²) in [5.41, 5.74) is 6.42. The third kappa shape index (κ3) is 2.87. The van der Waals surface area contributed by atoms with E-state index in [4.69, 9.17) is 5.73 Å². The van der Waals surface area contributed by atoms with Crippen LogP contribution in [0.5, 0.6) is 0 Å². The predicted octanol–water partition coefficient (Wildman–Crippen LogP) is 1.43. The van der Waals surface area contributed by atoms with E-state index in [-0.39, 0.29) is 11.8 Å². The fourth-order valence-corrected chi connectivity index (χ4v) is 1.50. The zero-order chi connectivity index (χ0) is 14.0. The molecule has 0 unspecified atom stereocenters. The number of halogens is 1. The number of hydrogen-bond acceptors (Lipinski definition) is 6. The van der Waals surface area contributed by atoms with Gasteiger partial charge in [0.2, 0.25) is 17.8 Å². The van der Waals surface area contributed by atoms with Gasteiger partial charge in [-0.15, -0.1) is 0 Å². The molecule has 1 aromatic carbocycles. The van der Waals surface area contributed by atoms with Crippen LogP contribution in [0.15, 0.2) is 24.3 Å². The second-order valence-corrected chi connectivity index (χ2v) is 4.22. The fraction of sp³-hybridized carbons (Fsp3) is 0.250. The van der Waals surface area contributed by atoms with E-state index < -0.39 is 0 Å². The Hall–Kier alpha value is -2.44. The lowest BCUT2D eigenvalue weighted by atomic mass is 10.3. The first kappa shape index (κ1) is 13.0.